The molecule has 27 heavy (non-hydrogen) atoms. The van der Waals surface area contributed by atoms with Crippen LogP contribution >= 0.6 is 0 Å². The molecule has 2 aliphatic carbocycles. The minimum absolute atomic E-state index is 0.0703. The van der Waals surface area contributed by atoms with Crippen LogP contribution in [0.1, 0.15) is 43.9 Å². The highest BCUT2D eigenvalue weighted by molar-refractivity contribution is 7.91. The highest BCUT2D eigenvalue weighted by atomic mass is 32.2. The summed E-state index contributed by atoms with van der Waals surface area (Å²) >= 11 is 0. The number of aromatic nitrogens is 2. The minimum atomic E-state index is -3.36. The number of imidazole rings is 1. The first-order chi connectivity index (χ1) is 13.0. The number of sulfone groups is 1. The number of hydrogen-bond donors (Lipinski definition) is 0. The molecule has 4 rings (SSSR count). The molecule has 0 N–H and O–H groups in total. The van der Waals surface area contributed by atoms with Crippen molar-refractivity contribution in [3.8, 4) is 0 Å². The van der Waals surface area contributed by atoms with Gasteiger partial charge in [-0.1, -0.05) is 37.3 Å². The van der Waals surface area contributed by atoms with Crippen molar-refractivity contribution in [2.24, 2.45) is 11.8 Å². The molecule has 6 heteroatoms. The lowest BCUT2D eigenvalue weighted by Gasteiger charge is -2.28. The Hall–Kier alpha value is -1.66. The largest absolute Gasteiger partial charge is 0.313 e. The first kappa shape index (κ1) is 18.7. The van der Waals surface area contributed by atoms with E-state index in [-0.39, 0.29) is 10.9 Å². The van der Waals surface area contributed by atoms with Crippen LogP contribution in [0.15, 0.2) is 41.7 Å². The van der Waals surface area contributed by atoms with Crippen molar-refractivity contribution in [2.75, 3.05) is 12.8 Å². The molecule has 1 heterocycles. The van der Waals surface area contributed by atoms with E-state index in [1.54, 1.807) is 13.1 Å². The number of hydrogen-bond acceptors (Lipinski definition) is 4. The second-order valence-corrected chi connectivity index (χ2v) is 10.3. The Bertz CT molecular complexity index is 871. The molecule has 2 aromatic rings. The van der Waals surface area contributed by atoms with Gasteiger partial charge in [0.05, 0.1) is 24.2 Å². The summed E-state index contributed by atoms with van der Waals surface area (Å²) in [5.41, 5.74) is 2.08. The zero-order valence-electron chi connectivity index (χ0n) is 16.2. The van der Waals surface area contributed by atoms with Crippen molar-refractivity contribution in [3.63, 3.8) is 0 Å². The molecular weight excluding hydrogens is 358 g/mol. The molecular formula is C21H29N3O2S. The van der Waals surface area contributed by atoms with Crippen molar-refractivity contribution in [1.82, 2.24) is 14.5 Å². The van der Waals surface area contributed by atoms with E-state index in [1.165, 1.54) is 25.7 Å². The molecule has 146 valence electrons. The third kappa shape index (κ3) is 4.11. The van der Waals surface area contributed by atoms with Gasteiger partial charge in [-0.05, 0) is 50.1 Å². The summed E-state index contributed by atoms with van der Waals surface area (Å²) in [6.07, 6.45) is 7.11. The maximum atomic E-state index is 12.6. The Balaban J connectivity index is 1.63. The minimum Gasteiger partial charge on any atom is -0.313 e. The van der Waals surface area contributed by atoms with Crippen molar-refractivity contribution in [3.05, 3.63) is 47.8 Å². The van der Waals surface area contributed by atoms with Gasteiger partial charge in [0.25, 0.3) is 0 Å². The lowest BCUT2D eigenvalue weighted by molar-refractivity contribution is 0.182. The highest BCUT2D eigenvalue weighted by Crippen LogP contribution is 2.47. The van der Waals surface area contributed by atoms with Gasteiger partial charge in [-0.3, -0.25) is 4.90 Å². The molecule has 1 aromatic carbocycles. The fourth-order valence-electron chi connectivity index (χ4n) is 4.17. The van der Waals surface area contributed by atoms with Crippen LogP contribution in [0.2, 0.25) is 0 Å². The van der Waals surface area contributed by atoms with Crippen molar-refractivity contribution in [1.29, 1.82) is 0 Å². The first-order valence-electron chi connectivity index (χ1n) is 10.0. The Morgan fingerprint density at radius 1 is 1.15 bits per heavy atom. The fraction of sp³-hybridized carbons (Fsp3) is 0.571. The smallest absolute Gasteiger partial charge is 0.228 e. The fourth-order valence-corrected chi connectivity index (χ4v) is 5.16. The molecule has 5 nitrogen and oxygen atoms in total. The monoisotopic (exact) mass is 387 g/mol. The van der Waals surface area contributed by atoms with Crippen LogP contribution < -0.4 is 0 Å². The average molecular weight is 388 g/mol. The second-order valence-electron chi connectivity index (χ2n) is 8.09. The molecule has 0 amide bonds. The van der Waals surface area contributed by atoms with Gasteiger partial charge in [0.1, 0.15) is 0 Å². The predicted molar refractivity (Wildman–Crippen MR) is 106 cm³/mol. The summed E-state index contributed by atoms with van der Waals surface area (Å²) in [7, 11) is -1.17. The van der Waals surface area contributed by atoms with E-state index in [2.05, 4.69) is 16.9 Å². The van der Waals surface area contributed by atoms with Crippen LogP contribution in [0.5, 0.6) is 0 Å². The normalized spacial score (nSPS) is 17.8. The Morgan fingerprint density at radius 2 is 1.78 bits per heavy atom. The summed E-state index contributed by atoms with van der Waals surface area (Å²) in [5.74, 6) is 1.72. The molecule has 0 saturated heterocycles. The van der Waals surface area contributed by atoms with Crippen molar-refractivity contribution >= 4 is 9.84 Å². The molecule has 0 radical (unpaired) electrons. The second kappa shape index (κ2) is 7.40. The molecule has 0 spiro atoms. The summed E-state index contributed by atoms with van der Waals surface area (Å²) < 4.78 is 27.1. The van der Waals surface area contributed by atoms with Crippen LogP contribution in [0.3, 0.4) is 0 Å². The van der Waals surface area contributed by atoms with Gasteiger partial charge in [0.15, 0.2) is 0 Å². The van der Waals surface area contributed by atoms with Gasteiger partial charge in [-0.2, -0.15) is 0 Å². The molecule has 0 unspecified atom stereocenters. The van der Waals surface area contributed by atoms with Gasteiger partial charge in [-0.25, -0.2) is 13.4 Å². The number of nitrogens with zero attached hydrogens (tertiary/aromatic N) is 3. The standard InChI is InChI=1S/C21H29N3O2S/c1-3-27(25,26)21-22-13-19(24(21)14-16-7-5-4-6-8-16)15-23(2)20(17-9-10-17)18-11-12-18/h4-8,13,17-18,20H,3,9-12,14-15H2,1-2H3. The van der Waals surface area contributed by atoms with E-state index < -0.39 is 9.84 Å². The third-order valence-corrected chi connectivity index (χ3v) is 7.52. The zero-order chi connectivity index (χ0) is 19.0. The predicted octanol–water partition coefficient (Wildman–Crippen LogP) is 3.35. The maximum Gasteiger partial charge on any atom is 0.228 e. The topological polar surface area (TPSA) is 55.2 Å². The Labute approximate surface area is 162 Å². The Morgan fingerprint density at radius 3 is 2.33 bits per heavy atom. The third-order valence-electron chi connectivity index (χ3n) is 5.87. The summed E-state index contributed by atoms with van der Waals surface area (Å²) in [6.45, 7) is 2.96. The molecule has 2 fully saturated rings. The zero-order valence-corrected chi connectivity index (χ0v) is 17.0. The van der Waals surface area contributed by atoms with Crippen molar-refractivity contribution in [2.45, 2.75) is 56.9 Å². The van der Waals surface area contributed by atoms with E-state index in [4.69, 9.17) is 0 Å². The van der Waals surface area contributed by atoms with Gasteiger partial charge < -0.3 is 4.57 Å². The average Bonchev–Trinajstić information content (AvgIpc) is 3.58. The van der Waals surface area contributed by atoms with Gasteiger partial charge in [-0.15, -0.1) is 0 Å². The van der Waals surface area contributed by atoms with Crippen LogP contribution in [-0.4, -0.2) is 41.7 Å². The van der Waals surface area contributed by atoms with Gasteiger partial charge in [0, 0.05) is 12.6 Å². The van der Waals surface area contributed by atoms with Gasteiger partial charge >= 0.3 is 0 Å². The Kier molecular flexibility index (Phi) is 5.12. The SMILES string of the molecule is CCS(=O)(=O)c1ncc(CN(C)C(C2CC2)C2CC2)n1Cc1ccccc1. The van der Waals surface area contributed by atoms with Crippen LogP contribution in [-0.2, 0) is 22.9 Å². The molecule has 0 aliphatic heterocycles. The molecule has 2 saturated carbocycles. The number of rotatable bonds is 9. The summed E-state index contributed by atoms with van der Waals surface area (Å²) in [4.78, 5) is 6.78. The number of benzene rings is 1. The molecule has 1 aromatic heterocycles. The lowest BCUT2D eigenvalue weighted by Crippen LogP contribution is -2.35. The summed E-state index contributed by atoms with van der Waals surface area (Å²) in [5, 5.41) is 0.201. The molecule has 0 atom stereocenters. The first-order valence-corrected chi connectivity index (χ1v) is 11.7. The van der Waals surface area contributed by atoms with E-state index in [9.17, 15) is 8.42 Å². The maximum absolute atomic E-state index is 12.6. The van der Waals surface area contributed by atoms with Crippen LogP contribution in [0.4, 0.5) is 0 Å². The summed E-state index contributed by atoms with van der Waals surface area (Å²) in [6, 6.07) is 10.7. The lowest BCUT2D eigenvalue weighted by atomic mass is 10.1. The van der Waals surface area contributed by atoms with Crippen LogP contribution in [0.25, 0.3) is 0 Å². The van der Waals surface area contributed by atoms with Gasteiger partial charge in [0.2, 0.25) is 15.0 Å². The van der Waals surface area contributed by atoms with Crippen LogP contribution in [0, 0.1) is 11.8 Å². The van der Waals surface area contributed by atoms with E-state index in [0.29, 0.717) is 12.6 Å². The highest BCUT2D eigenvalue weighted by Gasteiger charge is 2.43. The van der Waals surface area contributed by atoms with Crippen molar-refractivity contribution < 1.29 is 8.42 Å². The van der Waals surface area contributed by atoms with E-state index in [1.807, 2.05) is 34.9 Å². The van der Waals surface area contributed by atoms with E-state index >= 15 is 0 Å². The quantitative estimate of drug-likeness (QED) is 0.662. The molecule has 0 bridgehead atoms. The molecule has 2 aliphatic rings. The van der Waals surface area contributed by atoms with E-state index in [0.717, 1.165) is 29.6 Å².